The minimum atomic E-state index is -0.127. The number of hydrogen-bond donors (Lipinski definition) is 1. The fourth-order valence-electron chi connectivity index (χ4n) is 4.01. The second kappa shape index (κ2) is 4.03. The number of allylic oxidation sites excluding steroid dienone is 2. The van der Waals surface area contributed by atoms with Gasteiger partial charge >= 0.3 is 0 Å². The lowest BCUT2D eigenvalue weighted by molar-refractivity contribution is -0.0110. The van der Waals surface area contributed by atoms with Crippen molar-refractivity contribution >= 4 is 0 Å². The zero-order chi connectivity index (χ0) is 11.9. The minimum Gasteiger partial charge on any atom is -0.393 e. The molecular formula is C15H24O. The minimum absolute atomic E-state index is 0.0927. The van der Waals surface area contributed by atoms with E-state index in [0.717, 1.165) is 25.7 Å². The topological polar surface area (TPSA) is 20.2 Å². The molecule has 0 aliphatic heterocycles. The summed E-state index contributed by atoms with van der Waals surface area (Å²) in [4.78, 5) is 0. The van der Waals surface area contributed by atoms with Crippen LogP contribution in [0.4, 0.5) is 0 Å². The average molecular weight is 220 g/mol. The summed E-state index contributed by atoms with van der Waals surface area (Å²) in [5.74, 6) is 1.19. The Hall–Kier alpha value is -0.560. The van der Waals surface area contributed by atoms with Crippen molar-refractivity contribution in [3.8, 4) is 0 Å². The van der Waals surface area contributed by atoms with E-state index in [9.17, 15) is 5.11 Å². The van der Waals surface area contributed by atoms with E-state index in [-0.39, 0.29) is 11.5 Å². The van der Waals surface area contributed by atoms with Crippen molar-refractivity contribution < 1.29 is 5.11 Å². The molecule has 0 spiro atoms. The third-order valence-corrected chi connectivity index (χ3v) is 4.79. The molecule has 16 heavy (non-hydrogen) atoms. The summed E-state index contributed by atoms with van der Waals surface area (Å²) in [7, 11) is 0. The maximum absolute atomic E-state index is 10.2. The van der Waals surface area contributed by atoms with Gasteiger partial charge in [-0.25, -0.2) is 0 Å². The van der Waals surface area contributed by atoms with Gasteiger partial charge in [-0.15, -0.1) is 6.58 Å². The Kier molecular flexibility index (Phi) is 3.00. The van der Waals surface area contributed by atoms with Crippen LogP contribution in [-0.4, -0.2) is 11.2 Å². The van der Waals surface area contributed by atoms with Gasteiger partial charge in [0, 0.05) is 5.41 Å². The third kappa shape index (κ3) is 1.75. The summed E-state index contributed by atoms with van der Waals surface area (Å²) in [5.41, 5.74) is 2.73. The Morgan fingerprint density at radius 3 is 2.81 bits per heavy atom. The Bertz CT molecular complexity index is 317. The first-order valence-corrected chi connectivity index (χ1v) is 6.45. The molecule has 1 heteroatoms. The van der Waals surface area contributed by atoms with E-state index in [1.54, 1.807) is 0 Å². The Morgan fingerprint density at radius 1 is 1.50 bits per heavy atom. The maximum atomic E-state index is 10.2. The largest absolute Gasteiger partial charge is 0.393 e. The summed E-state index contributed by atoms with van der Waals surface area (Å²) in [6.45, 7) is 12.6. The van der Waals surface area contributed by atoms with Gasteiger partial charge in [0.2, 0.25) is 0 Å². The van der Waals surface area contributed by atoms with Crippen molar-refractivity contribution in [1.82, 2.24) is 0 Å². The molecule has 2 saturated carbocycles. The zero-order valence-electron chi connectivity index (χ0n) is 10.6. The number of aliphatic hydroxyl groups excluding tert-OH is 1. The molecule has 0 aromatic carbocycles. The van der Waals surface area contributed by atoms with E-state index in [2.05, 4.69) is 27.0 Å². The van der Waals surface area contributed by atoms with E-state index in [1.807, 2.05) is 0 Å². The first-order valence-electron chi connectivity index (χ1n) is 6.45. The molecule has 2 rings (SSSR count). The van der Waals surface area contributed by atoms with Crippen molar-refractivity contribution in [3.05, 3.63) is 24.3 Å². The highest BCUT2D eigenvalue weighted by Gasteiger charge is 2.51. The van der Waals surface area contributed by atoms with Gasteiger partial charge in [0.15, 0.2) is 0 Å². The van der Waals surface area contributed by atoms with Crippen molar-refractivity contribution in [2.45, 2.75) is 52.1 Å². The molecule has 0 radical (unpaired) electrons. The molecular weight excluding hydrogens is 196 g/mol. The van der Waals surface area contributed by atoms with Crippen LogP contribution in [0.15, 0.2) is 24.3 Å². The fourth-order valence-corrected chi connectivity index (χ4v) is 4.01. The van der Waals surface area contributed by atoms with Gasteiger partial charge in [0.1, 0.15) is 0 Å². The monoisotopic (exact) mass is 220 g/mol. The van der Waals surface area contributed by atoms with Crippen molar-refractivity contribution in [3.63, 3.8) is 0 Å². The molecule has 0 saturated heterocycles. The van der Waals surface area contributed by atoms with Gasteiger partial charge in [0.25, 0.3) is 0 Å². The molecule has 0 aromatic rings. The Balaban J connectivity index is 2.23. The highest BCUT2D eigenvalue weighted by Crippen LogP contribution is 2.57. The first kappa shape index (κ1) is 11.9. The molecule has 1 N–H and O–H groups in total. The van der Waals surface area contributed by atoms with E-state index in [4.69, 9.17) is 0 Å². The summed E-state index contributed by atoms with van der Waals surface area (Å²) in [5, 5.41) is 10.2. The Morgan fingerprint density at radius 2 is 2.19 bits per heavy atom. The van der Waals surface area contributed by atoms with E-state index >= 15 is 0 Å². The molecule has 4 atom stereocenters. The summed E-state index contributed by atoms with van der Waals surface area (Å²) < 4.78 is 0. The third-order valence-electron chi connectivity index (χ3n) is 4.79. The standard InChI is InChI=1S/C15H24O/c1-10(2)9-12-7-8-15(4)13(16)6-5-11(3)14(12)15/h12-14,16H,1,3,5-9H2,2,4H3/t12?,13-,14?,15+/m1/s1. The number of rotatable bonds is 2. The van der Waals surface area contributed by atoms with Crippen LogP contribution in [0.2, 0.25) is 0 Å². The second-order valence-electron chi connectivity index (χ2n) is 6.16. The van der Waals surface area contributed by atoms with Crippen molar-refractivity contribution in [1.29, 1.82) is 0 Å². The van der Waals surface area contributed by atoms with Gasteiger partial charge in [0.05, 0.1) is 6.10 Å². The van der Waals surface area contributed by atoms with Gasteiger partial charge in [-0.05, 0) is 50.9 Å². The SMILES string of the molecule is C=C(C)CC1CC[C@]2(C)C1C(=C)CC[C@H]2O. The van der Waals surface area contributed by atoms with Gasteiger partial charge in [-0.3, -0.25) is 0 Å². The number of hydrogen-bond acceptors (Lipinski definition) is 1. The molecule has 2 fully saturated rings. The lowest BCUT2D eigenvalue weighted by atomic mass is 9.63. The van der Waals surface area contributed by atoms with Crippen LogP contribution in [0, 0.1) is 17.3 Å². The highest BCUT2D eigenvalue weighted by atomic mass is 16.3. The quantitative estimate of drug-likeness (QED) is 0.704. The summed E-state index contributed by atoms with van der Waals surface area (Å²) >= 11 is 0. The van der Waals surface area contributed by atoms with Crippen LogP contribution < -0.4 is 0 Å². The van der Waals surface area contributed by atoms with Crippen LogP contribution in [0.5, 0.6) is 0 Å². The average Bonchev–Trinajstić information content (AvgIpc) is 2.52. The van der Waals surface area contributed by atoms with Gasteiger partial charge in [-0.1, -0.05) is 24.6 Å². The van der Waals surface area contributed by atoms with Crippen LogP contribution in [-0.2, 0) is 0 Å². The lowest BCUT2D eigenvalue weighted by Crippen LogP contribution is -2.41. The summed E-state index contributed by atoms with van der Waals surface area (Å²) in [6.07, 6.45) is 5.27. The zero-order valence-corrected chi connectivity index (χ0v) is 10.6. The molecule has 0 bridgehead atoms. The predicted molar refractivity (Wildman–Crippen MR) is 68.1 cm³/mol. The number of fused-ring (bicyclic) bond motifs is 1. The molecule has 2 aliphatic carbocycles. The van der Waals surface area contributed by atoms with Crippen LogP contribution in [0.1, 0.15) is 46.0 Å². The first-order chi connectivity index (χ1) is 7.45. The van der Waals surface area contributed by atoms with Crippen LogP contribution in [0.3, 0.4) is 0 Å². The molecule has 0 heterocycles. The van der Waals surface area contributed by atoms with Crippen LogP contribution >= 0.6 is 0 Å². The number of aliphatic hydroxyl groups is 1. The van der Waals surface area contributed by atoms with Gasteiger partial charge in [-0.2, -0.15) is 0 Å². The molecule has 2 unspecified atom stereocenters. The van der Waals surface area contributed by atoms with E-state index in [0.29, 0.717) is 11.8 Å². The maximum Gasteiger partial charge on any atom is 0.0602 e. The second-order valence-corrected chi connectivity index (χ2v) is 6.16. The van der Waals surface area contributed by atoms with Crippen LogP contribution in [0.25, 0.3) is 0 Å². The Labute approximate surface area is 99.3 Å². The molecule has 2 aliphatic rings. The highest BCUT2D eigenvalue weighted by molar-refractivity contribution is 5.18. The molecule has 0 aromatic heterocycles. The predicted octanol–water partition coefficient (Wildman–Crippen LogP) is 3.70. The normalized spacial score (nSPS) is 43.2. The fraction of sp³-hybridized carbons (Fsp3) is 0.733. The molecule has 0 amide bonds. The summed E-state index contributed by atoms with van der Waals surface area (Å²) in [6, 6.07) is 0. The smallest absolute Gasteiger partial charge is 0.0602 e. The lowest BCUT2D eigenvalue weighted by Gasteiger charge is -2.44. The van der Waals surface area contributed by atoms with Crippen molar-refractivity contribution in [2.75, 3.05) is 0 Å². The van der Waals surface area contributed by atoms with Crippen molar-refractivity contribution in [2.24, 2.45) is 17.3 Å². The van der Waals surface area contributed by atoms with E-state index in [1.165, 1.54) is 17.6 Å². The van der Waals surface area contributed by atoms with E-state index < -0.39 is 0 Å². The molecule has 90 valence electrons. The van der Waals surface area contributed by atoms with Gasteiger partial charge < -0.3 is 5.11 Å². The molecule has 1 nitrogen and oxygen atoms in total.